The second-order valence-electron chi connectivity index (χ2n) is 6.69. The highest BCUT2D eigenvalue weighted by Gasteiger charge is 2.15. The number of carbonyl (C=O) groups excluding carboxylic acids is 2. The van der Waals surface area contributed by atoms with E-state index in [1.807, 2.05) is 24.3 Å². The van der Waals surface area contributed by atoms with E-state index in [1.165, 1.54) is 54.6 Å². The van der Waals surface area contributed by atoms with Crippen molar-refractivity contribution in [2.45, 2.75) is 26.2 Å². The van der Waals surface area contributed by atoms with Crippen LogP contribution in [0, 0.1) is 5.82 Å². The number of nitrogens with zero attached hydrogens (tertiary/aromatic N) is 2. The molecule has 5 nitrogen and oxygen atoms in total. The van der Waals surface area contributed by atoms with Crippen molar-refractivity contribution in [2.75, 3.05) is 34.8 Å². The molecule has 0 unspecified atom stereocenters. The Morgan fingerprint density at radius 2 is 1.67 bits per heavy atom. The summed E-state index contributed by atoms with van der Waals surface area (Å²) >= 11 is 0. The summed E-state index contributed by atoms with van der Waals surface area (Å²) in [6.45, 7) is 3.82. The number of halogens is 1. The molecular weight excluding hydrogens is 345 g/mol. The van der Waals surface area contributed by atoms with Gasteiger partial charge in [-0.2, -0.15) is 0 Å². The van der Waals surface area contributed by atoms with E-state index in [0.717, 1.165) is 18.8 Å². The second kappa shape index (κ2) is 8.66. The summed E-state index contributed by atoms with van der Waals surface area (Å²) in [5.41, 5.74) is 2.48. The fourth-order valence-electron chi connectivity index (χ4n) is 3.26. The predicted molar refractivity (Wildman–Crippen MR) is 106 cm³/mol. The first-order chi connectivity index (χ1) is 13.0. The lowest BCUT2D eigenvalue weighted by Gasteiger charge is -2.21. The van der Waals surface area contributed by atoms with Crippen LogP contribution in [-0.2, 0) is 9.59 Å². The van der Waals surface area contributed by atoms with Gasteiger partial charge in [-0.05, 0) is 61.4 Å². The summed E-state index contributed by atoms with van der Waals surface area (Å²) in [7, 11) is 0. The molecule has 0 atom stereocenters. The first-order valence-electron chi connectivity index (χ1n) is 9.21. The number of carbonyl (C=O) groups is 2. The van der Waals surface area contributed by atoms with Crippen molar-refractivity contribution in [3.8, 4) is 0 Å². The van der Waals surface area contributed by atoms with Gasteiger partial charge in [-0.15, -0.1) is 0 Å². The minimum absolute atomic E-state index is 0.158. The van der Waals surface area contributed by atoms with Crippen LogP contribution in [0.15, 0.2) is 48.5 Å². The van der Waals surface area contributed by atoms with Crippen molar-refractivity contribution in [3.63, 3.8) is 0 Å². The Labute approximate surface area is 158 Å². The van der Waals surface area contributed by atoms with Crippen LogP contribution in [0.4, 0.5) is 21.5 Å². The molecule has 3 rings (SSSR count). The van der Waals surface area contributed by atoms with Gasteiger partial charge in [-0.1, -0.05) is 0 Å². The summed E-state index contributed by atoms with van der Waals surface area (Å²) in [6, 6.07) is 13.5. The summed E-state index contributed by atoms with van der Waals surface area (Å²) in [5.74, 6) is -0.723. The zero-order valence-corrected chi connectivity index (χ0v) is 15.5. The lowest BCUT2D eigenvalue weighted by Crippen LogP contribution is -2.31. The molecule has 1 saturated heterocycles. The molecule has 27 heavy (non-hydrogen) atoms. The number of hydrogen-bond donors (Lipinski definition) is 1. The summed E-state index contributed by atoms with van der Waals surface area (Å²) in [6.07, 6.45) is 2.60. The third kappa shape index (κ3) is 5.06. The molecule has 0 aliphatic carbocycles. The standard InChI is InChI=1S/C21H24FN3O2/c1-16(26)25(20-8-4-17(22)5-9-20)15-12-21(27)23-18-6-10-19(11-7-18)24-13-2-3-14-24/h4-11H,2-3,12-15H2,1H3,(H,23,27). The maximum Gasteiger partial charge on any atom is 0.226 e. The van der Waals surface area contributed by atoms with Gasteiger partial charge in [0, 0.05) is 50.0 Å². The molecule has 2 aromatic rings. The first kappa shape index (κ1) is 18.9. The van der Waals surface area contributed by atoms with Crippen LogP contribution in [0.25, 0.3) is 0 Å². The zero-order chi connectivity index (χ0) is 19.2. The van der Waals surface area contributed by atoms with Crippen molar-refractivity contribution in [3.05, 3.63) is 54.3 Å². The molecule has 1 heterocycles. The van der Waals surface area contributed by atoms with Crippen LogP contribution in [0.1, 0.15) is 26.2 Å². The van der Waals surface area contributed by atoms with E-state index in [-0.39, 0.29) is 30.6 Å². The molecule has 1 aliphatic heterocycles. The average molecular weight is 369 g/mol. The Hall–Kier alpha value is -2.89. The van der Waals surface area contributed by atoms with Gasteiger partial charge in [-0.25, -0.2) is 4.39 Å². The Bertz CT molecular complexity index is 784. The number of hydrogen-bond acceptors (Lipinski definition) is 3. The topological polar surface area (TPSA) is 52.7 Å². The lowest BCUT2D eigenvalue weighted by atomic mass is 10.2. The van der Waals surface area contributed by atoms with Crippen molar-refractivity contribution < 1.29 is 14.0 Å². The van der Waals surface area contributed by atoms with Gasteiger partial charge in [-0.3, -0.25) is 9.59 Å². The van der Waals surface area contributed by atoms with Crippen LogP contribution in [0.3, 0.4) is 0 Å². The number of amides is 2. The van der Waals surface area contributed by atoms with E-state index in [1.54, 1.807) is 0 Å². The number of rotatable bonds is 6. The minimum Gasteiger partial charge on any atom is -0.372 e. The fraction of sp³-hybridized carbons (Fsp3) is 0.333. The second-order valence-corrected chi connectivity index (χ2v) is 6.69. The highest BCUT2D eigenvalue weighted by Crippen LogP contribution is 2.22. The summed E-state index contributed by atoms with van der Waals surface area (Å²) < 4.78 is 13.1. The van der Waals surface area contributed by atoms with Gasteiger partial charge >= 0.3 is 0 Å². The third-order valence-corrected chi connectivity index (χ3v) is 4.70. The van der Waals surface area contributed by atoms with Crippen molar-refractivity contribution in [2.24, 2.45) is 0 Å². The van der Waals surface area contributed by atoms with E-state index in [2.05, 4.69) is 10.2 Å². The fourth-order valence-corrected chi connectivity index (χ4v) is 3.26. The molecule has 6 heteroatoms. The van der Waals surface area contributed by atoms with E-state index in [4.69, 9.17) is 0 Å². The molecule has 2 amide bonds. The predicted octanol–water partition coefficient (Wildman–Crippen LogP) is 3.81. The van der Waals surface area contributed by atoms with Gasteiger partial charge < -0.3 is 15.1 Å². The molecule has 1 fully saturated rings. The van der Waals surface area contributed by atoms with Gasteiger partial charge in [0.25, 0.3) is 0 Å². The Balaban J connectivity index is 1.54. The highest BCUT2D eigenvalue weighted by molar-refractivity contribution is 5.94. The molecule has 0 radical (unpaired) electrons. The molecule has 0 bridgehead atoms. The summed E-state index contributed by atoms with van der Waals surface area (Å²) in [5, 5.41) is 2.86. The SMILES string of the molecule is CC(=O)N(CCC(=O)Nc1ccc(N2CCCC2)cc1)c1ccc(F)cc1. The molecule has 0 saturated carbocycles. The van der Waals surface area contributed by atoms with Crippen LogP contribution in [-0.4, -0.2) is 31.4 Å². The highest BCUT2D eigenvalue weighted by atomic mass is 19.1. The first-order valence-corrected chi connectivity index (χ1v) is 9.21. The molecule has 0 aromatic heterocycles. The largest absolute Gasteiger partial charge is 0.372 e. The number of benzene rings is 2. The van der Waals surface area contributed by atoms with Crippen LogP contribution in [0.5, 0.6) is 0 Å². The van der Waals surface area contributed by atoms with Gasteiger partial charge in [0.1, 0.15) is 5.82 Å². The number of anilines is 3. The Morgan fingerprint density at radius 3 is 2.26 bits per heavy atom. The Kier molecular flexibility index (Phi) is 6.06. The van der Waals surface area contributed by atoms with Gasteiger partial charge in [0.05, 0.1) is 0 Å². The molecule has 1 aliphatic rings. The normalized spacial score (nSPS) is 13.5. The smallest absolute Gasteiger partial charge is 0.226 e. The molecule has 0 spiro atoms. The lowest BCUT2D eigenvalue weighted by molar-refractivity contribution is -0.117. The van der Waals surface area contributed by atoms with Crippen molar-refractivity contribution >= 4 is 28.9 Å². The zero-order valence-electron chi connectivity index (χ0n) is 15.5. The van der Waals surface area contributed by atoms with E-state index in [9.17, 15) is 14.0 Å². The van der Waals surface area contributed by atoms with E-state index < -0.39 is 0 Å². The average Bonchev–Trinajstić information content (AvgIpc) is 3.18. The van der Waals surface area contributed by atoms with Gasteiger partial charge in [0.2, 0.25) is 11.8 Å². The third-order valence-electron chi connectivity index (χ3n) is 4.70. The van der Waals surface area contributed by atoms with Crippen LogP contribution < -0.4 is 15.1 Å². The maximum absolute atomic E-state index is 13.1. The number of nitrogens with one attached hydrogen (secondary N) is 1. The van der Waals surface area contributed by atoms with Crippen molar-refractivity contribution in [1.29, 1.82) is 0 Å². The van der Waals surface area contributed by atoms with Crippen LogP contribution >= 0.6 is 0 Å². The Morgan fingerprint density at radius 1 is 1.04 bits per heavy atom. The maximum atomic E-state index is 13.1. The summed E-state index contributed by atoms with van der Waals surface area (Å²) in [4.78, 5) is 27.9. The molecular formula is C21H24FN3O2. The van der Waals surface area contributed by atoms with E-state index >= 15 is 0 Å². The van der Waals surface area contributed by atoms with Crippen molar-refractivity contribution in [1.82, 2.24) is 0 Å². The van der Waals surface area contributed by atoms with Gasteiger partial charge in [0.15, 0.2) is 0 Å². The molecule has 142 valence electrons. The minimum atomic E-state index is -0.364. The van der Waals surface area contributed by atoms with Crippen LogP contribution in [0.2, 0.25) is 0 Å². The molecule has 1 N–H and O–H groups in total. The van der Waals surface area contributed by atoms with E-state index in [0.29, 0.717) is 5.69 Å². The quantitative estimate of drug-likeness (QED) is 0.842. The monoisotopic (exact) mass is 369 g/mol. The molecule has 2 aromatic carbocycles.